The number of phenols is 1. The molecule has 0 radical (unpaired) electrons. The summed E-state index contributed by atoms with van der Waals surface area (Å²) in [7, 11) is -0.585. The Bertz CT molecular complexity index is 2180. The number of carbonyl (C=O) groups is 4. The van der Waals surface area contributed by atoms with Crippen LogP contribution in [-0.2, 0) is 28.3 Å². The molecular formula is C42H59BN4O11. The molecule has 0 bridgehead atoms. The van der Waals surface area contributed by atoms with Crippen LogP contribution in [0.2, 0.25) is 0 Å². The second kappa shape index (κ2) is 15.9. The number of nitrogens with one attached hydrogen (secondary N) is 2. The fraction of sp³-hybridized carbons (Fsp3) is 0.524. The minimum Gasteiger partial charge on any atom is -0.508 e. The van der Waals surface area contributed by atoms with Gasteiger partial charge < -0.3 is 33.4 Å². The molecule has 1 aliphatic rings. The molecule has 1 fully saturated rings. The largest absolute Gasteiger partial charge is 0.508 e. The van der Waals surface area contributed by atoms with Crippen molar-refractivity contribution in [1.29, 1.82) is 0 Å². The van der Waals surface area contributed by atoms with Crippen molar-refractivity contribution in [2.24, 2.45) is 0 Å². The van der Waals surface area contributed by atoms with Crippen LogP contribution in [0, 0.1) is 0 Å². The summed E-state index contributed by atoms with van der Waals surface area (Å²) in [6, 6.07) is 9.99. The second-order valence-corrected chi connectivity index (χ2v) is 19.1. The lowest BCUT2D eigenvalue weighted by atomic mass is 9.78. The van der Waals surface area contributed by atoms with E-state index in [2.05, 4.69) is 10.6 Å². The first-order valence-electron chi connectivity index (χ1n) is 19.1. The third-order valence-electron chi connectivity index (χ3n) is 8.59. The Morgan fingerprint density at radius 2 is 0.948 bits per heavy atom. The number of hydrogen-bond acceptors (Lipinski definition) is 11. The Balaban J connectivity index is 0.000000267. The molecule has 0 atom stereocenters. The number of amides is 2. The molecule has 316 valence electrons. The highest BCUT2D eigenvalue weighted by Crippen LogP contribution is 2.37. The van der Waals surface area contributed by atoms with Crippen LogP contribution >= 0.6 is 0 Å². The molecule has 0 spiro atoms. The van der Waals surface area contributed by atoms with Crippen LogP contribution < -0.4 is 16.1 Å². The van der Waals surface area contributed by atoms with Gasteiger partial charge in [0.25, 0.3) is 0 Å². The molecular weight excluding hydrogens is 747 g/mol. The number of hydrogen-bond donors (Lipinski definition) is 3. The van der Waals surface area contributed by atoms with Gasteiger partial charge in [0.2, 0.25) is 0 Å². The van der Waals surface area contributed by atoms with Gasteiger partial charge in [-0.15, -0.1) is 0 Å². The molecule has 2 amide bonds. The zero-order chi connectivity index (χ0) is 44.0. The van der Waals surface area contributed by atoms with Crippen molar-refractivity contribution in [2.45, 2.75) is 144 Å². The Labute approximate surface area is 340 Å². The average molecular weight is 807 g/mol. The van der Waals surface area contributed by atoms with Crippen LogP contribution in [0.15, 0.2) is 48.8 Å². The topological polar surface area (TPSA) is 178 Å². The number of phenolic OH excluding ortho intramolecular Hbond substituents is 1. The molecule has 1 saturated heterocycles. The van der Waals surface area contributed by atoms with E-state index >= 15 is 0 Å². The predicted octanol–water partition coefficient (Wildman–Crippen LogP) is 9.55. The van der Waals surface area contributed by atoms with Crippen molar-refractivity contribution in [3.05, 3.63) is 48.8 Å². The van der Waals surface area contributed by atoms with E-state index in [1.807, 2.05) is 39.8 Å². The normalized spacial score (nSPS) is 15.3. The summed E-state index contributed by atoms with van der Waals surface area (Å²) in [4.78, 5) is 49.8. The summed E-state index contributed by atoms with van der Waals surface area (Å²) < 4.78 is 36.6. The van der Waals surface area contributed by atoms with E-state index in [0.29, 0.717) is 33.2 Å². The van der Waals surface area contributed by atoms with Crippen molar-refractivity contribution >= 4 is 70.1 Å². The SMILES string of the molecule is CC(C)(C)OC(=O)Nc1cn(C(=O)OC(C)(C)C)c2ccc(B3OC(C)(C)C(C)(C)O3)cc12.CC(C)(C)OC(=O)Nc1cn(C(=O)OC(C)(C)C)c2ccc(O)cc12. The lowest BCUT2D eigenvalue weighted by molar-refractivity contribution is 0.00578. The monoisotopic (exact) mass is 806 g/mol. The van der Waals surface area contributed by atoms with E-state index in [0.717, 1.165) is 5.46 Å². The number of benzene rings is 2. The number of anilines is 2. The third kappa shape index (κ3) is 11.7. The summed E-state index contributed by atoms with van der Waals surface area (Å²) in [5.74, 6) is 0.0154. The van der Waals surface area contributed by atoms with E-state index < -0.39 is 65.1 Å². The lowest BCUT2D eigenvalue weighted by Gasteiger charge is -2.32. The van der Waals surface area contributed by atoms with E-state index in [9.17, 15) is 24.3 Å². The van der Waals surface area contributed by atoms with Gasteiger partial charge >= 0.3 is 31.5 Å². The highest BCUT2D eigenvalue weighted by Gasteiger charge is 2.51. The Kier molecular flexibility index (Phi) is 12.4. The van der Waals surface area contributed by atoms with Crippen LogP contribution in [0.1, 0.15) is 111 Å². The van der Waals surface area contributed by atoms with Gasteiger partial charge in [-0.3, -0.25) is 19.8 Å². The summed E-state index contributed by atoms with van der Waals surface area (Å²) in [5, 5.41) is 16.2. The Morgan fingerprint density at radius 1 is 0.586 bits per heavy atom. The van der Waals surface area contributed by atoms with Gasteiger partial charge in [-0.25, -0.2) is 19.2 Å². The standard InChI is InChI=1S/C24H35BN2O6.C18H24N2O5/c1-21(2,3)30-19(28)26-17-14-27(20(29)31-22(4,5)6)18-12-11-15(13-16(17)18)25-32-23(7,8)24(9,10)33-25;1-17(2,3)24-15(22)19-13-10-20(16(23)25-18(4,5)6)14-8-7-11(21)9-12(13)14/h11-14H,1-10H3,(H,26,28);7-10,21H,1-6H3,(H,19,22). The number of carbonyl (C=O) groups excluding carboxylic acids is 4. The molecule has 0 saturated carbocycles. The van der Waals surface area contributed by atoms with E-state index in [4.69, 9.17) is 28.3 Å². The number of aromatic nitrogens is 2. The van der Waals surface area contributed by atoms with Crippen LogP contribution in [0.5, 0.6) is 5.75 Å². The summed E-state index contributed by atoms with van der Waals surface area (Å²) >= 11 is 0. The molecule has 5 rings (SSSR count). The maximum Gasteiger partial charge on any atom is 0.494 e. The van der Waals surface area contributed by atoms with Gasteiger partial charge in [0, 0.05) is 23.2 Å². The van der Waals surface area contributed by atoms with E-state index in [-0.39, 0.29) is 5.75 Å². The average Bonchev–Trinajstić information content (AvgIpc) is 3.61. The molecule has 3 N–H and O–H groups in total. The number of nitrogens with zero attached hydrogens (tertiary/aromatic N) is 2. The van der Waals surface area contributed by atoms with Crippen LogP contribution in [0.4, 0.5) is 30.6 Å². The number of rotatable bonds is 3. The van der Waals surface area contributed by atoms with Gasteiger partial charge in [-0.2, -0.15) is 0 Å². The van der Waals surface area contributed by atoms with Crippen molar-refractivity contribution in [1.82, 2.24) is 9.13 Å². The molecule has 0 unspecified atom stereocenters. The maximum atomic E-state index is 12.9. The van der Waals surface area contributed by atoms with Crippen LogP contribution in [0.25, 0.3) is 21.8 Å². The van der Waals surface area contributed by atoms with Gasteiger partial charge in [0.15, 0.2) is 0 Å². The zero-order valence-corrected chi connectivity index (χ0v) is 36.6. The fourth-order valence-electron chi connectivity index (χ4n) is 5.54. The van der Waals surface area contributed by atoms with Crippen molar-refractivity contribution in [3.63, 3.8) is 0 Å². The van der Waals surface area contributed by atoms with Gasteiger partial charge in [-0.1, -0.05) is 12.1 Å². The first-order chi connectivity index (χ1) is 26.2. The predicted molar refractivity (Wildman–Crippen MR) is 224 cm³/mol. The smallest absolute Gasteiger partial charge is 0.494 e. The first-order valence-corrected chi connectivity index (χ1v) is 19.1. The number of ether oxygens (including phenoxy) is 4. The van der Waals surface area contributed by atoms with Crippen molar-refractivity contribution < 1.29 is 52.5 Å². The minimum absolute atomic E-state index is 0.0154. The molecule has 2 aromatic carbocycles. The zero-order valence-electron chi connectivity index (χ0n) is 36.6. The molecule has 1 aliphatic heterocycles. The summed E-state index contributed by atoms with van der Waals surface area (Å²) in [6.45, 7) is 29.2. The molecule has 4 aromatic rings. The highest BCUT2D eigenvalue weighted by atomic mass is 16.7. The highest BCUT2D eigenvalue weighted by molar-refractivity contribution is 6.62. The second-order valence-electron chi connectivity index (χ2n) is 19.1. The first kappa shape index (κ1) is 45.5. The van der Waals surface area contributed by atoms with Crippen LogP contribution in [-0.4, -0.2) is 79.3 Å². The van der Waals surface area contributed by atoms with E-state index in [1.54, 1.807) is 95.2 Å². The molecule has 0 aliphatic carbocycles. The molecule has 2 aromatic heterocycles. The van der Waals surface area contributed by atoms with E-state index in [1.165, 1.54) is 33.7 Å². The summed E-state index contributed by atoms with van der Waals surface area (Å²) in [6.07, 6.45) is 0.582. The maximum absolute atomic E-state index is 12.9. The van der Waals surface area contributed by atoms with Gasteiger partial charge in [0.1, 0.15) is 28.2 Å². The lowest BCUT2D eigenvalue weighted by Crippen LogP contribution is -2.41. The van der Waals surface area contributed by atoms with Crippen molar-refractivity contribution in [3.8, 4) is 5.75 Å². The Morgan fingerprint density at radius 3 is 1.33 bits per heavy atom. The van der Waals surface area contributed by atoms with Crippen molar-refractivity contribution in [2.75, 3.05) is 10.6 Å². The number of fused-ring (bicyclic) bond motifs is 2. The van der Waals surface area contributed by atoms with Gasteiger partial charge in [0.05, 0.1) is 33.6 Å². The third-order valence-corrected chi connectivity index (χ3v) is 8.59. The Hall–Kier alpha value is -5.22. The van der Waals surface area contributed by atoms with Crippen LogP contribution in [0.3, 0.4) is 0 Å². The number of aromatic hydroxyl groups is 1. The summed E-state index contributed by atoms with van der Waals surface area (Å²) in [5.41, 5.74) is -1.03. The molecule has 58 heavy (non-hydrogen) atoms. The fourth-order valence-corrected chi connectivity index (χ4v) is 5.54. The van der Waals surface area contributed by atoms with Gasteiger partial charge in [-0.05, 0) is 141 Å². The minimum atomic E-state index is -0.672. The molecule has 16 heteroatoms. The molecule has 3 heterocycles. The molecule has 15 nitrogen and oxygen atoms in total. The quantitative estimate of drug-likeness (QED) is 0.133.